The Kier molecular flexibility index (Phi) is 4.58. The normalized spacial score (nSPS) is 17.0. The molecule has 9 heteroatoms. The second-order valence-electron chi connectivity index (χ2n) is 4.77. The number of rotatable bonds is 2. The Morgan fingerprint density at radius 1 is 1.33 bits per heavy atom. The molecule has 1 fully saturated rings. The van der Waals surface area contributed by atoms with Crippen LogP contribution in [-0.2, 0) is 0 Å². The van der Waals surface area contributed by atoms with Crippen LogP contribution in [0.3, 0.4) is 0 Å². The van der Waals surface area contributed by atoms with E-state index in [9.17, 15) is 18.0 Å². The molecule has 0 bridgehead atoms. The maximum Gasteiger partial charge on any atom is 0.401 e. The number of halogens is 4. The molecule has 1 aromatic heterocycles. The molecule has 5 nitrogen and oxygen atoms in total. The number of nitrogens with zero attached hydrogens (tertiary/aromatic N) is 3. The van der Waals surface area contributed by atoms with E-state index in [-0.39, 0.29) is 48.5 Å². The Bertz CT molecular complexity index is 530. The van der Waals surface area contributed by atoms with Crippen molar-refractivity contribution in [2.45, 2.75) is 6.18 Å². The van der Waals surface area contributed by atoms with Gasteiger partial charge < -0.3 is 10.6 Å². The molecular weight excluding hydrogens is 309 g/mol. The Balaban J connectivity index is 1.99. The summed E-state index contributed by atoms with van der Waals surface area (Å²) in [4.78, 5) is 18.8. The van der Waals surface area contributed by atoms with Crippen LogP contribution in [0.2, 0.25) is 5.02 Å². The molecule has 1 aliphatic rings. The summed E-state index contributed by atoms with van der Waals surface area (Å²) in [6.07, 6.45) is -2.95. The first-order valence-corrected chi connectivity index (χ1v) is 6.63. The summed E-state index contributed by atoms with van der Waals surface area (Å²) in [6.45, 7) is -0.189. The summed E-state index contributed by atoms with van der Waals surface area (Å²) in [6, 6.07) is 1.37. The predicted octanol–water partition coefficient (Wildman–Crippen LogP) is 1.64. The summed E-state index contributed by atoms with van der Waals surface area (Å²) in [7, 11) is 0. The molecule has 2 heterocycles. The second kappa shape index (κ2) is 6.07. The lowest BCUT2D eigenvalue weighted by atomic mass is 10.2. The number of nitrogen functional groups attached to an aromatic ring is 1. The Morgan fingerprint density at radius 2 is 1.95 bits per heavy atom. The number of alkyl halides is 3. The molecule has 1 amide bonds. The van der Waals surface area contributed by atoms with Gasteiger partial charge in [-0.2, -0.15) is 13.2 Å². The average molecular weight is 323 g/mol. The van der Waals surface area contributed by atoms with E-state index in [0.717, 1.165) is 0 Å². The van der Waals surface area contributed by atoms with E-state index >= 15 is 0 Å². The number of amides is 1. The molecule has 0 radical (unpaired) electrons. The van der Waals surface area contributed by atoms with Gasteiger partial charge in [-0.05, 0) is 6.07 Å². The number of pyridine rings is 1. The van der Waals surface area contributed by atoms with E-state index < -0.39 is 12.7 Å². The van der Waals surface area contributed by atoms with Gasteiger partial charge in [0, 0.05) is 32.4 Å². The molecule has 2 N–H and O–H groups in total. The fourth-order valence-corrected chi connectivity index (χ4v) is 2.34. The lowest BCUT2D eigenvalue weighted by Crippen LogP contribution is -2.51. The number of anilines is 1. The van der Waals surface area contributed by atoms with Gasteiger partial charge in [0.25, 0.3) is 5.91 Å². The number of carbonyl (C=O) groups excluding carboxylic acids is 1. The minimum atomic E-state index is -4.23. The summed E-state index contributed by atoms with van der Waals surface area (Å²) in [5.41, 5.74) is 5.73. The van der Waals surface area contributed by atoms with Crippen molar-refractivity contribution in [1.82, 2.24) is 14.8 Å². The molecule has 2 rings (SSSR count). The molecule has 21 heavy (non-hydrogen) atoms. The first-order valence-electron chi connectivity index (χ1n) is 6.25. The molecule has 0 spiro atoms. The number of carbonyl (C=O) groups is 1. The lowest BCUT2D eigenvalue weighted by Gasteiger charge is -2.35. The molecule has 0 aliphatic carbocycles. The van der Waals surface area contributed by atoms with Gasteiger partial charge >= 0.3 is 6.18 Å². The fourth-order valence-electron chi connectivity index (χ4n) is 2.15. The van der Waals surface area contributed by atoms with Crippen LogP contribution in [0.25, 0.3) is 0 Å². The summed E-state index contributed by atoms with van der Waals surface area (Å²) >= 11 is 5.90. The van der Waals surface area contributed by atoms with E-state index in [4.69, 9.17) is 17.3 Å². The van der Waals surface area contributed by atoms with Crippen molar-refractivity contribution in [3.63, 3.8) is 0 Å². The van der Waals surface area contributed by atoms with E-state index in [1.54, 1.807) is 0 Å². The maximum absolute atomic E-state index is 12.3. The van der Waals surface area contributed by atoms with Crippen molar-refractivity contribution >= 4 is 23.3 Å². The highest BCUT2D eigenvalue weighted by Gasteiger charge is 2.33. The number of aromatic nitrogens is 1. The van der Waals surface area contributed by atoms with Crippen molar-refractivity contribution in [1.29, 1.82) is 0 Å². The molecule has 0 aromatic carbocycles. The van der Waals surface area contributed by atoms with Crippen molar-refractivity contribution in [3.05, 3.63) is 22.8 Å². The van der Waals surface area contributed by atoms with Crippen LogP contribution in [0, 0.1) is 0 Å². The zero-order valence-corrected chi connectivity index (χ0v) is 11.8. The number of nitrogens with two attached hydrogens (primary N) is 1. The smallest absolute Gasteiger partial charge is 0.384 e. The summed E-state index contributed by atoms with van der Waals surface area (Å²) in [5, 5.41) is 0.173. The quantitative estimate of drug-likeness (QED) is 0.899. The van der Waals surface area contributed by atoms with Crippen LogP contribution in [0.15, 0.2) is 12.3 Å². The van der Waals surface area contributed by atoms with Crippen molar-refractivity contribution in [2.24, 2.45) is 0 Å². The largest absolute Gasteiger partial charge is 0.401 e. The Morgan fingerprint density at radius 3 is 2.52 bits per heavy atom. The zero-order valence-electron chi connectivity index (χ0n) is 11.0. The zero-order chi connectivity index (χ0) is 15.6. The van der Waals surface area contributed by atoms with Gasteiger partial charge in [-0.1, -0.05) is 11.6 Å². The highest BCUT2D eigenvalue weighted by Crippen LogP contribution is 2.21. The summed E-state index contributed by atoms with van der Waals surface area (Å²) in [5.74, 6) is -0.181. The van der Waals surface area contributed by atoms with Gasteiger partial charge in [0.1, 0.15) is 5.82 Å². The fraction of sp³-hybridized carbons (Fsp3) is 0.500. The number of piperazine rings is 1. The van der Waals surface area contributed by atoms with E-state index in [0.29, 0.717) is 0 Å². The van der Waals surface area contributed by atoms with Crippen molar-refractivity contribution in [2.75, 3.05) is 38.5 Å². The van der Waals surface area contributed by atoms with Crippen molar-refractivity contribution < 1.29 is 18.0 Å². The first-order chi connectivity index (χ1) is 9.76. The van der Waals surface area contributed by atoms with Gasteiger partial charge in [0.15, 0.2) is 0 Å². The molecule has 0 unspecified atom stereocenters. The van der Waals surface area contributed by atoms with Crippen LogP contribution in [0.4, 0.5) is 19.0 Å². The van der Waals surface area contributed by atoms with Crippen LogP contribution < -0.4 is 5.73 Å². The van der Waals surface area contributed by atoms with E-state index in [1.165, 1.54) is 22.1 Å². The standard InChI is InChI=1S/C12H14ClF3N4O/c13-9-6-18-10(17)5-8(9)11(21)20-3-1-19(2-4-20)7-12(14,15)16/h5-6H,1-4,7H2,(H2,17,18). The predicted molar refractivity (Wildman–Crippen MR) is 72.1 cm³/mol. The van der Waals surface area contributed by atoms with E-state index in [1.807, 2.05) is 0 Å². The minimum Gasteiger partial charge on any atom is -0.384 e. The first kappa shape index (κ1) is 15.8. The van der Waals surface area contributed by atoms with Gasteiger partial charge in [0.05, 0.1) is 17.1 Å². The molecular formula is C12H14ClF3N4O. The summed E-state index contributed by atoms with van der Waals surface area (Å²) < 4.78 is 36.9. The second-order valence-corrected chi connectivity index (χ2v) is 5.18. The molecule has 1 aliphatic heterocycles. The molecule has 0 atom stereocenters. The lowest BCUT2D eigenvalue weighted by molar-refractivity contribution is -0.148. The monoisotopic (exact) mass is 322 g/mol. The molecule has 116 valence electrons. The minimum absolute atomic E-state index is 0.165. The Hall–Kier alpha value is -1.54. The highest BCUT2D eigenvalue weighted by atomic mass is 35.5. The topological polar surface area (TPSA) is 62.5 Å². The van der Waals surface area contributed by atoms with Crippen molar-refractivity contribution in [3.8, 4) is 0 Å². The van der Waals surface area contributed by atoms with Crippen LogP contribution >= 0.6 is 11.6 Å². The van der Waals surface area contributed by atoms with Crippen LogP contribution in [-0.4, -0.2) is 59.6 Å². The van der Waals surface area contributed by atoms with Gasteiger partial charge in [-0.25, -0.2) is 4.98 Å². The highest BCUT2D eigenvalue weighted by molar-refractivity contribution is 6.33. The number of hydrogen-bond acceptors (Lipinski definition) is 4. The SMILES string of the molecule is Nc1cc(C(=O)N2CCN(CC(F)(F)F)CC2)c(Cl)cn1. The van der Waals surface area contributed by atoms with Gasteiger partial charge in [-0.3, -0.25) is 9.69 Å². The third kappa shape index (κ3) is 4.21. The van der Waals surface area contributed by atoms with Crippen LogP contribution in [0.1, 0.15) is 10.4 Å². The third-order valence-corrected chi connectivity index (χ3v) is 3.47. The van der Waals surface area contributed by atoms with Gasteiger partial charge in [0.2, 0.25) is 0 Å². The van der Waals surface area contributed by atoms with Crippen LogP contribution in [0.5, 0.6) is 0 Å². The van der Waals surface area contributed by atoms with Gasteiger partial charge in [-0.15, -0.1) is 0 Å². The number of hydrogen-bond donors (Lipinski definition) is 1. The molecule has 1 saturated heterocycles. The molecule has 0 saturated carbocycles. The van der Waals surface area contributed by atoms with E-state index in [2.05, 4.69) is 4.98 Å². The maximum atomic E-state index is 12.3. The molecule has 1 aromatic rings. The average Bonchev–Trinajstić information content (AvgIpc) is 2.40. The Labute approximate surface area is 124 Å². The third-order valence-electron chi connectivity index (χ3n) is 3.17.